The standard InChI is InChI=1S/C22H21Cl2N3O4S/c1-14-5-7-15(8-6-14)32(29,30)27-11-9-16-18(13-17(23)19(24)20(16)27)26(12-10-25)21(28)31-22(2,3)4/h5-9,11,13H,12H2,1-4H3. The van der Waals surface area contributed by atoms with Gasteiger partial charge in [0.15, 0.2) is 0 Å². The summed E-state index contributed by atoms with van der Waals surface area (Å²) in [4.78, 5) is 14.0. The summed E-state index contributed by atoms with van der Waals surface area (Å²) in [7, 11) is -4.01. The summed E-state index contributed by atoms with van der Waals surface area (Å²) in [6, 6.07) is 11.2. The van der Waals surface area contributed by atoms with Gasteiger partial charge in [0.25, 0.3) is 10.0 Å². The zero-order valence-electron chi connectivity index (χ0n) is 17.9. The van der Waals surface area contributed by atoms with Crippen LogP contribution in [0.5, 0.6) is 0 Å². The molecule has 0 saturated carbocycles. The number of carbonyl (C=O) groups is 1. The number of aromatic nitrogens is 1. The first-order valence-electron chi connectivity index (χ1n) is 9.55. The second kappa shape index (κ2) is 8.66. The van der Waals surface area contributed by atoms with Gasteiger partial charge in [0, 0.05) is 11.6 Å². The molecule has 0 radical (unpaired) electrons. The van der Waals surface area contributed by atoms with Crippen LogP contribution < -0.4 is 4.90 Å². The van der Waals surface area contributed by atoms with Gasteiger partial charge < -0.3 is 4.74 Å². The molecular weight excluding hydrogens is 473 g/mol. The maximum atomic E-state index is 13.3. The zero-order valence-corrected chi connectivity index (χ0v) is 20.2. The molecule has 0 saturated heterocycles. The highest BCUT2D eigenvalue weighted by Gasteiger charge is 2.29. The van der Waals surface area contributed by atoms with Crippen molar-refractivity contribution in [2.45, 2.75) is 38.2 Å². The number of hydrogen-bond acceptors (Lipinski definition) is 5. The lowest BCUT2D eigenvalue weighted by atomic mass is 10.2. The Morgan fingerprint density at radius 3 is 2.38 bits per heavy atom. The molecule has 32 heavy (non-hydrogen) atoms. The normalized spacial score (nSPS) is 11.9. The molecule has 0 unspecified atom stereocenters. The minimum absolute atomic E-state index is 0.00667. The molecule has 0 aliphatic heterocycles. The Labute approximate surface area is 196 Å². The average molecular weight is 494 g/mol. The third kappa shape index (κ3) is 4.56. The van der Waals surface area contributed by atoms with Gasteiger partial charge in [-0.05, 0) is 52.0 Å². The molecule has 1 heterocycles. The highest BCUT2D eigenvalue weighted by atomic mass is 35.5. The van der Waals surface area contributed by atoms with Crippen LogP contribution in [0.15, 0.2) is 47.5 Å². The van der Waals surface area contributed by atoms with Gasteiger partial charge >= 0.3 is 6.09 Å². The van der Waals surface area contributed by atoms with Crippen molar-refractivity contribution in [3.63, 3.8) is 0 Å². The van der Waals surface area contributed by atoms with E-state index in [9.17, 15) is 18.5 Å². The summed E-state index contributed by atoms with van der Waals surface area (Å²) in [5.74, 6) is 0. The van der Waals surface area contributed by atoms with E-state index < -0.39 is 21.7 Å². The summed E-state index contributed by atoms with van der Waals surface area (Å²) < 4.78 is 33.1. The first kappa shape index (κ1) is 23.9. The second-order valence-electron chi connectivity index (χ2n) is 8.11. The van der Waals surface area contributed by atoms with Gasteiger partial charge in [-0.1, -0.05) is 40.9 Å². The van der Waals surface area contributed by atoms with Gasteiger partial charge in [0.05, 0.1) is 32.2 Å². The van der Waals surface area contributed by atoms with Crippen LogP contribution in [0.25, 0.3) is 10.9 Å². The number of aryl methyl sites for hydroxylation is 1. The molecule has 3 rings (SSSR count). The van der Waals surface area contributed by atoms with E-state index in [2.05, 4.69) is 0 Å². The van der Waals surface area contributed by atoms with Crippen molar-refractivity contribution in [2.75, 3.05) is 11.4 Å². The Bertz CT molecular complexity index is 1330. The average Bonchev–Trinajstić information content (AvgIpc) is 3.14. The lowest BCUT2D eigenvalue weighted by Crippen LogP contribution is -2.37. The minimum Gasteiger partial charge on any atom is -0.443 e. The number of rotatable bonds is 4. The van der Waals surface area contributed by atoms with Crippen LogP contribution in [0, 0.1) is 18.3 Å². The Morgan fingerprint density at radius 2 is 1.81 bits per heavy atom. The number of benzene rings is 2. The first-order chi connectivity index (χ1) is 14.9. The van der Waals surface area contributed by atoms with Crippen molar-refractivity contribution >= 4 is 55.9 Å². The number of halogens is 2. The fraction of sp³-hybridized carbons (Fsp3) is 0.273. The molecule has 0 fully saturated rings. The van der Waals surface area contributed by atoms with Crippen molar-refractivity contribution in [3.8, 4) is 6.07 Å². The molecule has 0 atom stereocenters. The largest absolute Gasteiger partial charge is 0.443 e. The number of nitriles is 1. The van der Waals surface area contributed by atoms with Gasteiger partial charge in [-0.3, -0.25) is 4.90 Å². The predicted molar refractivity (Wildman–Crippen MR) is 125 cm³/mol. The molecule has 0 aliphatic rings. The van der Waals surface area contributed by atoms with Crippen LogP contribution in [0.1, 0.15) is 26.3 Å². The van der Waals surface area contributed by atoms with Crippen LogP contribution in [0.4, 0.5) is 10.5 Å². The van der Waals surface area contributed by atoms with E-state index in [4.69, 9.17) is 27.9 Å². The molecule has 1 amide bonds. The molecule has 7 nitrogen and oxygen atoms in total. The summed E-state index contributed by atoms with van der Waals surface area (Å²) in [5.41, 5.74) is 0.416. The Balaban J connectivity index is 2.25. The second-order valence-corrected chi connectivity index (χ2v) is 10.7. The maximum absolute atomic E-state index is 13.3. The SMILES string of the molecule is Cc1ccc(S(=O)(=O)n2ccc3c(N(CC#N)C(=O)OC(C)(C)C)cc(Cl)c(Cl)c32)cc1. The smallest absolute Gasteiger partial charge is 0.415 e. The van der Waals surface area contributed by atoms with Crippen molar-refractivity contribution in [3.05, 3.63) is 58.2 Å². The maximum Gasteiger partial charge on any atom is 0.415 e. The number of carbonyl (C=O) groups excluding carboxylic acids is 1. The fourth-order valence-corrected chi connectivity index (χ4v) is 4.94. The topological polar surface area (TPSA) is 92.4 Å². The van der Waals surface area contributed by atoms with Gasteiger partial charge in [-0.25, -0.2) is 17.2 Å². The molecular formula is C22H21Cl2N3O4S. The number of ether oxygens (including phenoxy) is 1. The summed E-state index contributed by atoms with van der Waals surface area (Å²) in [6.07, 6.45) is 0.568. The fourth-order valence-electron chi connectivity index (χ4n) is 3.09. The highest BCUT2D eigenvalue weighted by Crippen LogP contribution is 2.40. The summed E-state index contributed by atoms with van der Waals surface area (Å²) in [6.45, 7) is 6.61. The third-order valence-corrected chi connectivity index (χ3v) is 6.99. The van der Waals surface area contributed by atoms with Crippen molar-refractivity contribution in [1.82, 2.24) is 3.97 Å². The van der Waals surface area contributed by atoms with Crippen LogP contribution in [0.3, 0.4) is 0 Å². The molecule has 2 aromatic carbocycles. The third-order valence-electron chi connectivity index (χ3n) is 4.52. The molecule has 0 bridgehead atoms. The van der Waals surface area contributed by atoms with Crippen molar-refractivity contribution in [1.29, 1.82) is 5.26 Å². The van der Waals surface area contributed by atoms with E-state index in [1.54, 1.807) is 32.9 Å². The zero-order chi connectivity index (χ0) is 23.8. The Hall–Kier alpha value is -2.73. The van der Waals surface area contributed by atoms with E-state index in [-0.39, 0.29) is 32.7 Å². The van der Waals surface area contributed by atoms with Crippen molar-refractivity contribution in [2.24, 2.45) is 0 Å². The molecule has 0 spiro atoms. The predicted octanol–water partition coefficient (Wildman–Crippen LogP) is 5.76. The lowest BCUT2D eigenvalue weighted by Gasteiger charge is -2.26. The summed E-state index contributed by atoms with van der Waals surface area (Å²) in [5, 5.41) is 9.65. The Morgan fingerprint density at radius 1 is 1.19 bits per heavy atom. The number of nitrogens with zero attached hydrogens (tertiary/aromatic N) is 3. The molecule has 168 valence electrons. The molecule has 0 N–H and O–H groups in total. The number of anilines is 1. The van der Waals surface area contributed by atoms with Crippen LogP contribution in [-0.4, -0.2) is 30.6 Å². The van der Waals surface area contributed by atoms with E-state index in [0.29, 0.717) is 5.39 Å². The Kier molecular flexibility index (Phi) is 6.47. The first-order valence-corrected chi connectivity index (χ1v) is 11.7. The van der Waals surface area contributed by atoms with E-state index in [1.165, 1.54) is 30.5 Å². The molecule has 0 aliphatic carbocycles. The van der Waals surface area contributed by atoms with E-state index >= 15 is 0 Å². The van der Waals surface area contributed by atoms with Gasteiger partial charge in [0.2, 0.25) is 0 Å². The van der Waals surface area contributed by atoms with Gasteiger partial charge in [0.1, 0.15) is 12.1 Å². The van der Waals surface area contributed by atoms with Crippen molar-refractivity contribution < 1.29 is 17.9 Å². The number of amides is 1. The molecule has 3 aromatic rings. The van der Waals surface area contributed by atoms with E-state index in [1.807, 2.05) is 13.0 Å². The highest BCUT2D eigenvalue weighted by molar-refractivity contribution is 7.90. The summed E-state index contributed by atoms with van der Waals surface area (Å²) >= 11 is 12.7. The van der Waals surface area contributed by atoms with Crippen LogP contribution >= 0.6 is 23.2 Å². The number of hydrogen-bond donors (Lipinski definition) is 0. The molecule has 10 heteroatoms. The van der Waals surface area contributed by atoms with Gasteiger partial charge in [-0.2, -0.15) is 5.26 Å². The lowest BCUT2D eigenvalue weighted by molar-refractivity contribution is 0.0585. The minimum atomic E-state index is -4.01. The quantitative estimate of drug-likeness (QED) is 0.430. The van der Waals surface area contributed by atoms with Gasteiger partial charge in [-0.15, -0.1) is 0 Å². The molecule has 1 aromatic heterocycles. The number of fused-ring (bicyclic) bond motifs is 1. The monoisotopic (exact) mass is 493 g/mol. The van der Waals surface area contributed by atoms with Crippen LogP contribution in [0.2, 0.25) is 10.0 Å². The van der Waals surface area contributed by atoms with Crippen LogP contribution in [-0.2, 0) is 14.8 Å². The van der Waals surface area contributed by atoms with E-state index in [0.717, 1.165) is 14.4 Å².